The molecule has 0 radical (unpaired) electrons. The molecule has 8 nitrogen and oxygen atoms in total. The lowest BCUT2D eigenvalue weighted by atomic mass is 9.89. The van der Waals surface area contributed by atoms with Gasteiger partial charge >= 0.3 is 0 Å². The number of pyridine rings is 1. The van der Waals surface area contributed by atoms with E-state index in [0.717, 1.165) is 17.0 Å². The van der Waals surface area contributed by atoms with Crippen LogP contribution in [0.4, 0.5) is 5.69 Å². The Morgan fingerprint density at radius 1 is 1.19 bits per heavy atom. The van der Waals surface area contributed by atoms with Crippen LogP contribution in [0.3, 0.4) is 0 Å². The molecule has 3 heterocycles. The monoisotopic (exact) mass is 371 g/mol. The first kappa shape index (κ1) is 19.0. The number of aromatic nitrogens is 2. The number of nitrogens with one attached hydrogen (secondary N) is 3. The fourth-order valence-corrected chi connectivity index (χ4v) is 3.20. The fourth-order valence-electron chi connectivity index (χ4n) is 3.20. The maximum absolute atomic E-state index is 12.5. The fraction of sp³-hybridized carbons (Fsp3) is 0.474. The van der Waals surface area contributed by atoms with Crippen molar-refractivity contribution in [2.45, 2.75) is 33.7 Å². The van der Waals surface area contributed by atoms with E-state index in [1.165, 1.54) is 0 Å². The molecule has 1 aliphatic rings. The van der Waals surface area contributed by atoms with Gasteiger partial charge in [-0.1, -0.05) is 5.16 Å². The normalized spacial score (nSPS) is 19.5. The van der Waals surface area contributed by atoms with Crippen molar-refractivity contribution in [3.05, 3.63) is 41.0 Å². The molecule has 2 aromatic rings. The van der Waals surface area contributed by atoms with E-state index >= 15 is 0 Å². The van der Waals surface area contributed by atoms with E-state index in [1.807, 2.05) is 32.9 Å². The summed E-state index contributed by atoms with van der Waals surface area (Å²) in [6.07, 6.45) is 2.14. The first-order valence-corrected chi connectivity index (χ1v) is 9.07. The maximum atomic E-state index is 12.5. The first-order chi connectivity index (χ1) is 12.9. The highest BCUT2D eigenvalue weighted by atomic mass is 16.5. The van der Waals surface area contributed by atoms with Crippen molar-refractivity contribution in [3.63, 3.8) is 0 Å². The Balaban J connectivity index is 1.54. The Labute approximate surface area is 158 Å². The summed E-state index contributed by atoms with van der Waals surface area (Å²) in [5.74, 6) is 0.00731. The van der Waals surface area contributed by atoms with E-state index < -0.39 is 0 Å². The standard InChI is InChI=1S/C19H25N5O3/c1-11-4-5-16(9-21-11)23-19(26)15-6-14(7-20-8-15)18(25)22-10-17-12(2)24-27-13(17)3/h4-5,9,14-15,20H,6-8,10H2,1-3H3,(H,22,25)(H,23,26)/t14-,15+/m1/s1. The van der Waals surface area contributed by atoms with Gasteiger partial charge in [0.2, 0.25) is 11.8 Å². The van der Waals surface area contributed by atoms with Gasteiger partial charge in [-0.05, 0) is 39.3 Å². The van der Waals surface area contributed by atoms with Gasteiger partial charge in [0.1, 0.15) is 5.76 Å². The molecule has 1 saturated heterocycles. The minimum absolute atomic E-state index is 0.0722. The average Bonchev–Trinajstić information content (AvgIpc) is 2.99. The first-order valence-electron chi connectivity index (χ1n) is 9.07. The number of aryl methyl sites for hydroxylation is 3. The number of carbonyl (C=O) groups is 2. The molecule has 0 aromatic carbocycles. The molecule has 1 fully saturated rings. The molecule has 0 unspecified atom stereocenters. The van der Waals surface area contributed by atoms with Gasteiger partial charge in [-0.25, -0.2) is 0 Å². The minimum atomic E-state index is -0.269. The lowest BCUT2D eigenvalue weighted by Crippen LogP contribution is -2.47. The van der Waals surface area contributed by atoms with Gasteiger partial charge in [0, 0.05) is 30.9 Å². The van der Waals surface area contributed by atoms with Gasteiger partial charge in [-0.3, -0.25) is 14.6 Å². The van der Waals surface area contributed by atoms with E-state index in [-0.39, 0.29) is 23.7 Å². The molecule has 27 heavy (non-hydrogen) atoms. The van der Waals surface area contributed by atoms with Crippen LogP contribution in [0.1, 0.15) is 29.1 Å². The number of carbonyl (C=O) groups excluding carboxylic acids is 2. The second kappa shape index (κ2) is 8.30. The number of nitrogens with zero attached hydrogens (tertiary/aromatic N) is 2. The Morgan fingerprint density at radius 3 is 2.56 bits per heavy atom. The number of rotatable bonds is 5. The van der Waals surface area contributed by atoms with E-state index in [1.54, 1.807) is 6.20 Å². The average molecular weight is 371 g/mol. The Bertz CT molecular complexity index is 796. The molecule has 3 N–H and O–H groups in total. The van der Waals surface area contributed by atoms with Crippen LogP contribution in [-0.2, 0) is 16.1 Å². The van der Waals surface area contributed by atoms with Crippen molar-refractivity contribution < 1.29 is 14.1 Å². The van der Waals surface area contributed by atoms with Gasteiger partial charge in [0.15, 0.2) is 0 Å². The van der Waals surface area contributed by atoms with Crippen molar-refractivity contribution in [1.29, 1.82) is 0 Å². The van der Waals surface area contributed by atoms with Gasteiger partial charge in [0.25, 0.3) is 0 Å². The van der Waals surface area contributed by atoms with E-state index in [0.29, 0.717) is 37.5 Å². The quantitative estimate of drug-likeness (QED) is 0.734. The van der Waals surface area contributed by atoms with Crippen LogP contribution in [0, 0.1) is 32.6 Å². The van der Waals surface area contributed by atoms with Crippen molar-refractivity contribution in [3.8, 4) is 0 Å². The van der Waals surface area contributed by atoms with E-state index in [4.69, 9.17) is 4.52 Å². The van der Waals surface area contributed by atoms with Gasteiger partial charge in [-0.15, -0.1) is 0 Å². The van der Waals surface area contributed by atoms with E-state index in [2.05, 4.69) is 26.1 Å². The topological polar surface area (TPSA) is 109 Å². The molecule has 8 heteroatoms. The summed E-state index contributed by atoms with van der Waals surface area (Å²) in [6.45, 7) is 7.05. The molecule has 3 rings (SSSR count). The lowest BCUT2D eigenvalue weighted by molar-refractivity contribution is -0.127. The van der Waals surface area contributed by atoms with Gasteiger partial charge in [0.05, 0.1) is 29.4 Å². The molecule has 1 aliphatic heterocycles. The summed E-state index contributed by atoms with van der Waals surface area (Å²) in [6, 6.07) is 3.67. The van der Waals surface area contributed by atoms with Crippen molar-refractivity contribution in [2.75, 3.05) is 18.4 Å². The number of hydrogen-bond donors (Lipinski definition) is 3. The van der Waals surface area contributed by atoms with Crippen molar-refractivity contribution >= 4 is 17.5 Å². The summed E-state index contributed by atoms with van der Waals surface area (Å²) < 4.78 is 5.11. The zero-order chi connectivity index (χ0) is 19.4. The number of piperidine rings is 1. The van der Waals surface area contributed by atoms with Crippen LogP contribution >= 0.6 is 0 Å². The number of anilines is 1. The van der Waals surface area contributed by atoms with E-state index in [9.17, 15) is 9.59 Å². The molecule has 0 bridgehead atoms. The number of amides is 2. The Kier molecular flexibility index (Phi) is 5.85. The van der Waals surface area contributed by atoms with Crippen LogP contribution in [0.2, 0.25) is 0 Å². The maximum Gasteiger partial charge on any atom is 0.228 e. The summed E-state index contributed by atoms with van der Waals surface area (Å²) in [5, 5.41) is 12.9. The SMILES string of the molecule is Cc1ccc(NC(=O)[C@@H]2CNC[C@H](C(=O)NCc3c(C)noc3C)C2)cn1. The third kappa shape index (κ3) is 4.71. The third-order valence-electron chi connectivity index (χ3n) is 4.89. The van der Waals surface area contributed by atoms with Crippen LogP contribution in [-0.4, -0.2) is 35.0 Å². The largest absolute Gasteiger partial charge is 0.361 e. The molecular weight excluding hydrogens is 346 g/mol. The zero-order valence-corrected chi connectivity index (χ0v) is 15.8. The summed E-state index contributed by atoms with van der Waals surface area (Å²) >= 11 is 0. The summed E-state index contributed by atoms with van der Waals surface area (Å²) in [7, 11) is 0. The van der Waals surface area contributed by atoms with Crippen molar-refractivity contribution in [1.82, 2.24) is 20.8 Å². The predicted octanol–water partition coefficient (Wildman–Crippen LogP) is 1.48. The highest BCUT2D eigenvalue weighted by Crippen LogP contribution is 2.19. The molecular formula is C19H25N5O3. The molecule has 0 spiro atoms. The zero-order valence-electron chi connectivity index (χ0n) is 15.8. The smallest absolute Gasteiger partial charge is 0.228 e. The summed E-state index contributed by atoms with van der Waals surface area (Å²) in [4.78, 5) is 29.2. The molecule has 2 amide bonds. The van der Waals surface area contributed by atoms with Crippen LogP contribution in [0.25, 0.3) is 0 Å². The highest BCUT2D eigenvalue weighted by Gasteiger charge is 2.31. The number of hydrogen-bond acceptors (Lipinski definition) is 6. The van der Waals surface area contributed by atoms with Crippen molar-refractivity contribution in [2.24, 2.45) is 11.8 Å². The minimum Gasteiger partial charge on any atom is -0.361 e. The molecule has 2 atom stereocenters. The molecule has 2 aromatic heterocycles. The lowest BCUT2D eigenvalue weighted by Gasteiger charge is -2.28. The molecule has 0 aliphatic carbocycles. The molecule has 0 saturated carbocycles. The van der Waals surface area contributed by atoms with Gasteiger partial charge < -0.3 is 20.5 Å². The van der Waals surface area contributed by atoms with Crippen LogP contribution in [0.5, 0.6) is 0 Å². The Hall–Kier alpha value is -2.74. The predicted molar refractivity (Wildman–Crippen MR) is 99.9 cm³/mol. The highest BCUT2D eigenvalue weighted by molar-refractivity contribution is 5.93. The second-order valence-electron chi connectivity index (χ2n) is 6.99. The summed E-state index contributed by atoms with van der Waals surface area (Å²) in [5.41, 5.74) is 3.23. The van der Waals surface area contributed by atoms with Gasteiger partial charge in [-0.2, -0.15) is 0 Å². The van der Waals surface area contributed by atoms with Crippen LogP contribution in [0.15, 0.2) is 22.9 Å². The second-order valence-corrected chi connectivity index (χ2v) is 6.99. The Morgan fingerprint density at radius 2 is 1.93 bits per heavy atom. The molecule has 144 valence electrons. The van der Waals surface area contributed by atoms with Crippen LogP contribution < -0.4 is 16.0 Å². The third-order valence-corrected chi connectivity index (χ3v) is 4.89.